The minimum Gasteiger partial charge on any atom is -0.378 e. The molecule has 1 aromatic carbocycles. The fourth-order valence-electron chi connectivity index (χ4n) is 3.94. The molecule has 166 valence electrons. The average molecular weight is 459 g/mol. The van der Waals surface area contributed by atoms with Crippen molar-refractivity contribution in [3.05, 3.63) is 54.5 Å². The van der Waals surface area contributed by atoms with Crippen molar-refractivity contribution in [2.75, 3.05) is 31.2 Å². The van der Waals surface area contributed by atoms with Gasteiger partial charge in [0, 0.05) is 43.7 Å². The van der Waals surface area contributed by atoms with E-state index in [-0.39, 0.29) is 0 Å². The molecule has 0 aliphatic carbocycles. The minimum atomic E-state index is 0.532. The number of benzene rings is 1. The first-order chi connectivity index (χ1) is 16.1. The molecule has 1 aliphatic heterocycles. The van der Waals surface area contributed by atoms with E-state index in [0.717, 1.165) is 51.1 Å². The van der Waals surface area contributed by atoms with Gasteiger partial charge in [-0.05, 0) is 19.1 Å². The van der Waals surface area contributed by atoms with Gasteiger partial charge in [0.25, 0.3) is 5.95 Å². The highest BCUT2D eigenvalue weighted by Gasteiger charge is 2.22. The molecule has 1 aliphatic rings. The molecule has 1 saturated heterocycles. The SMILES string of the molecule is Cc1cccc(-c2ccn(-c3nc(N4CCOCC4)c4nc(-c5cnn(C)c5)sc4n3)n2)c1. The van der Waals surface area contributed by atoms with Crippen molar-refractivity contribution in [1.29, 1.82) is 0 Å². The highest BCUT2D eigenvalue weighted by molar-refractivity contribution is 7.21. The van der Waals surface area contributed by atoms with Crippen molar-refractivity contribution in [1.82, 2.24) is 34.5 Å². The second-order valence-electron chi connectivity index (χ2n) is 8.04. The van der Waals surface area contributed by atoms with E-state index in [1.165, 1.54) is 5.56 Å². The molecule has 0 bridgehead atoms. The van der Waals surface area contributed by atoms with Gasteiger partial charge in [0.1, 0.15) is 10.5 Å². The highest BCUT2D eigenvalue weighted by Crippen LogP contribution is 2.34. The van der Waals surface area contributed by atoms with Gasteiger partial charge in [-0.15, -0.1) is 0 Å². The molecule has 0 amide bonds. The number of hydrogen-bond donors (Lipinski definition) is 0. The van der Waals surface area contributed by atoms with Crippen LogP contribution in [0.5, 0.6) is 0 Å². The summed E-state index contributed by atoms with van der Waals surface area (Å²) in [6.07, 6.45) is 5.69. The van der Waals surface area contributed by atoms with E-state index in [4.69, 9.17) is 24.8 Å². The maximum absolute atomic E-state index is 5.56. The number of morpholine rings is 1. The zero-order valence-electron chi connectivity index (χ0n) is 18.3. The molecule has 0 atom stereocenters. The lowest BCUT2D eigenvalue weighted by atomic mass is 10.1. The van der Waals surface area contributed by atoms with E-state index in [0.29, 0.717) is 19.2 Å². The zero-order chi connectivity index (χ0) is 22.4. The lowest BCUT2D eigenvalue weighted by Gasteiger charge is -2.28. The van der Waals surface area contributed by atoms with Crippen molar-refractivity contribution < 1.29 is 4.74 Å². The van der Waals surface area contributed by atoms with E-state index in [1.807, 2.05) is 37.8 Å². The molecule has 0 unspecified atom stereocenters. The number of hydrogen-bond acceptors (Lipinski definition) is 8. The zero-order valence-corrected chi connectivity index (χ0v) is 19.2. The van der Waals surface area contributed by atoms with Crippen molar-refractivity contribution in [2.24, 2.45) is 7.05 Å². The van der Waals surface area contributed by atoms with Crippen LogP contribution in [0.4, 0.5) is 5.82 Å². The van der Waals surface area contributed by atoms with E-state index in [1.54, 1.807) is 20.7 Å². The van der Waals surface area contributed by atoms with Crippen molar-refractivity contribution in [2.45, 2.75) is 6.92 Å². The minimum absolute atomic E-state index is 0.532. The van der Waals surface area contributed by atoms with Crippen molar-refractivity contribution >= 4 is 27.5 Å². The van der Waals surface area contributed by atoms with Crippen LogP contribution in [0.25, 0.3) is 38.1 Å². The van der Waals surface area contributed by atoms with Gasteiger partial charge >= 0.3 is 0 Å². The van der Waals surface area contributed by atoms with Gasteiger partial charge in [0.05, 0.1) is 25.1 Å². The molecular weight excluding hydrogens is 436 g/mol. The summed E-state index contributed by atoms with van der Waals surface area (Å²) in [5.74, 6) is 1.35. The van der Waals surface area contributed by atoms with Gasteiger partial charge in [-0.25, -0.2) is 9.67 Å². The summed E-state index contributed by atoms with van der Waals surface area (Å²) in [6, 6.07) is 10.3. The van der Waals surface area contributed by atoms with E-state index >= 15 is 0 Å². The van der Waals surface area contributed by atoms with Gasteiger partial charge in [0.15, 0.2) is 10.6 Å². The Labute approximate surface area is 194 Å². The number of nitrogens with zero attached hydrogens (tertiary/aromatic N) is 8. The van der Waals surface area contributed by atoms with Crippen LogP contribution in [-0.4, -0.2) is 60.8 Å². The molecule has 9 nitrogen and oxygen atoms in total. The molecule has 0 spiro atoms. The van der Waals surface area contributed by atoms with Crippen LogP contribution in [0.15, 0.2) is 48.9 Å². The summed E-state index contributed by atoms with van der Waals surface area (Å²) >= 11 is 1.54. The first-order valence-corrected chi connectivity index (χ1v) is 11.6. The second-order valence-corrected chi connectivity index (χ2v) is 9.01. The standard InChI is InChI=1S/C23H22N8OS/c1-15-4-3-5-16(12-15)18-6-7-31(28-18)23-26-20(30-8-10-32-11-9-30)19-22(27-23)33-21(25-19)17-13-24-29(2)14-17/h3-7,12-14H,8-11H2,1-2H3. The lowest BCUT2D eigenvalue weighted by Crippen LogP contribution is -2.37. The first-order valence-electron chi connectivity index (χ1n) is 10.8. The second kappa shape index (κ2) is 8.05. The molecule has 0 radical (unpaired) electrons. The number of aromatic nitrogens is 7. The Bertz CT molecular complexity index is 1450. The van der Waals surface area contributed by atoms with Crippen LogP contribution >= 0.6 is 11.3 Å². The Morgan fingerprint density at radius 3 is 2.70 bits per heavy atom. The summed E-state index contributed by atoms with van der Waals surface area (Å²) in [7, 11) is 1.90. The van der Waals surface area contributed by atoms with Crippen LogP contribution in [-0.2, 0) is 11.8 Å². The molecule has 10 heteroatoms. The van der Waals surface area contributed by atoms with Crippen LogP contribution in [0.1, 0.15) is 5.56 Å². The topological polar surface area (TPSA) is 86.8 Å². The quantitative estimate of drug-likeness (QED) is 0.407. The predicted octanol–water partition coefficient (Wildman–Crippen LogP) is 3.48. The number of rotatable bonds is 4. The third-order valence-corrected chi connectivity index (χ3v) is 6.60. The number of thiazole rings is 1. The number of fused-ring (bicyclic) bond motifs is 1. The van der Waals surface area contributed by atoms with Crippen LogP contribution < -0.4 is 4.90 Å². The number of ether oxygens (including phenoxy) is 1. The predicted molar refractivity (Wildman–Crippen MR) is 128 cm³/mol. The molecule has 5 heterocycles. The molecule has 4 aromatic heterocycles. The van der Waals surface area contributed by atoms with E-state index < -0.39 is 0 Å². The Hall–Kier alpha value is -3.63. The van der Waals surface area contributed by atoms with Gasteiger partial charge < -0.3 is 9.64 Å². The molecule has 0 saturated carbocycles. The van der Waals surface area contributed by atoms with Gasteiger partial charge in [-0.1, -0.05) is 35.1 Å². The highest BCUT2D eigenvalue weighted by atomic mass is 32.1. The van der Waals surface area contributed by atoms with Crippen LogP contribution in [0.2, 0.25) is 0 Å². The van der Waals surface area contributed by atoms with Gasteiger partial charge in [-0.3, -0.25) is 4.68 Å². The summed E-state index contributed by atoms with van der Waals surface area (Å²) in [6.45, 7) is 4.94. The monoisotopic (exact) mass is 458 g/mol. The Morgan fingerprint density at radius 2 is 1.91 bits per heavy atom. The normalized spacial score (nSPS) is 14.3. The van der Waals surface area contributed by atoms with Crippen molar-refractivity contribution in [3.63, 3.8) is 0 Å². The molecule has 33 heavy (non-hydrogen) atoms. The lowest BCUT2D eigenvalue weighted by molar-refractivity contribution is 0.122. The van der Waals surface area contributed by atoms with Crippen molar-refractivity contribution in [3.8, 4) is 27.8 Å². The van der Waals surface area contributed by atoms with Crippen LogP contribution in [0, 0.1) is 6.92 Å². The maximum Gasteiger partial charge on any atom is 0.254 e. The fraction of sp³-hybridized carbons (Fsp3) is 0.261. The summed E-state index contributed by atoms with van der Waals surface area (Å²) in [5.41, 5.74) is 4.92. The smallest absolute Gasteiger partial charge is 0.254 e. The molecule has 6 rings (SSSR count). The van der Waals surface area contributed by atoms with Gasteiger partial charge in [-0.2, -0.15) is 20.2 Å². The Kier molecular flexibility index (Phi) is 4.88. The molecule has 1 fully saturated rings. The number of anilines is 1. The Balaban J connectivity index is 1.47. The molecule has 0 N–H and O–H groups in total. The largest absolute Gasteiger partial charge is 0.378 e. The summed E-state index contributed by atoms with van der Waals surface area (Å²) in [4.78, 5) is 17.7. The fourth-order valence-corrected chi connectivity index (χ4v) is 4.85. The first kappa shape index (κ1) is 20.0. The number of aryl methyl sites for hydroxylation is 2. The third kappa shape index (κ3) is 3.77. The molecule has 5 aromatic rings. The average Bonchev–Trinajstić information content (AvgIpc) is 3.58. The maximum atomic E-state index is 5.56. The van der Waals surface area contributed by atoms with E-state index in [9.17, 15) is 0 Å². The summed E-state index contributed by atoms with van der Waals surface area (Å²) in [5, 5.41) is 9.93. The van der Waals surface area contributed by atoms with E-state index in [2.05, 4.69) is 35.1 Å². The summed E-state index contributed by atoms with van der Waals surface area (Å²) < 4.78 is 9.07. The molecular formula is C23H22N8OS. The Morgan fingerprint density at radius 1 is 1.03 bits per heavy atom. The third-order valence-electron chi connectivity index (χ3n) is 5.60. The van der Waals surface area contributed by atoms with Gasteiger partial charge in [0.2, 0.25) is 0 Å². The van der Waals surface area contributed by atoms with Crippen LogP contribution in [0.3, 0.4) is 0 Å².